The Morgan fingerprint density at radius 3 is 2.38 bits per heavy atom. The van der Waals surface area contributed by atoms with Gasteiger partial charge in [0, 0.05) is 17.7 Å². The second-order valence-corrected chi connectivity index (χ2v) is 8.70. The summed E-state index contributed by atoms with van der Waals surface area (Å²) in [6.45, 7) is -0.745. The Bertz CT molecular complexity index is 1500. The molecule has 7 N–H and O–H groups in total. The number of ether oxygens (including phenoxy) is 4. The van der Waals surface area contributed by atoms with E-state index in [-0.39, 0.29) is 28.4 Å². The van der Waals surface area contributed by atoms with E-state index in [2.05, 4.69) is 0 Å². The fraction of sp³-hybridized carbons (Fsp3) is 0.320. The number of fused-ring (bicyclic) bond motifs is 1. The van der Waals surface area contributed by atoms with Crippen LogP contribution in [0.2, 0.25) is 0 Å². The molecule has 1 aliphatic heterocycles. The molecule has 214 valence electrons. The van der Waals surface area contributed by atoms with Gasteiger partial charge in [-0.1, -0.05) is 0 Å². The summed E-state index contributed by atoms with van der Waals surface area (Å²) in [5, 5.41) is 69.7. The molecule has 2 aromatic carbocycles. The lowest BCUT2D eigenvalue weighted by Gasteiger charge is -2.39. The van der Waals surface area contributed by atoms with E-state index in [9.17, 15) is 45.0 Å². The van der Waals surface area contributed by atoms with E-state index in [1.54, 1.807) is 0 Å². The van der Waals surface area contributed by atoms with Gasteiger partial charge in [0.15, 0.2) is 17.3 Å². The minimum atomic E-state index is -1.97. The highest BCUT2D eigenvalue weighted by atomic mass is 16.7. The van der Waals surface area contributed by atoms with Crippen molar-refractivity contribution in [1.82, 2.24) is 0 Å². The Balaban J connectivity index is 1.77. The Labute approximate surface area is 223 Å². The molecule has 15 heteroatoms. The van der Waals surface area contributed by atoms with Crippen LogP contribution >= 0.6 is 0 Å². The van der Waals surface area contributed by atoms with Crippen LogP contribution in [0.1, 0.15) is 6.42 Å². The second kappa shape index (κ2) is 11.3. The highest BCUT2D eigenvalue weighted by molar-refractivity contribution is 5.90. The molecular formula is C25H24O15. The van der Waals surface area contributed by atoms with Crippen LogP contribution in [0.4, 0.5) is 0 Å². The normalized spacial score (nSPS) is 22.6. The van der Waals surface area contributed by atoms with Gasteiger partial charge in [0.05, 0.1) is 7.11 Å². The minimum Gasteiger partial charge on any atom is -0.508 e. The molecule has 15 nitrogen and oxygen atoms in total. The number of hydrogen-bond donors (Lipinski definition) is 7. The first kappa shape index (κ1) is 28.4. The summed E-state index contributed by atoms with van der Waals surface area (Å²) in [5.74, 6) is -5.01. The summed E-state index contributed by atoms with van der Waals surface area (Å²) in [4.78, 5) is 35.8. The van der Waals surface area contributed by atoms with Crippen molar-refractivity contribution in [2.24, 2.45) is 0 Å². The Kier molecular flexibility index (Phi) is 8.01. The number of hydrogen-bond acceptors (Lipinski definition) is 14. The SMILES string of the molecule is COc1cc(-c2oc3cc(O)cc(O)c3c(=O)c2O[C@@H]2O[C@H](COC(=O)CC(=O)O)[C@@H](O)[C@@H](O)[C@H]2O)ccc1O. The minimum absolute atomic E-state index is 0.0271. The molecule has 0 aliphatic carbocycles. The molecule has 1 aliphatic rings. The van der Waals surface area contributed by atoms with Gasteiger partial charge < -0.3 is 59.1 Å². The molecule has 0 bridgehead atoms. The lowest BCUT2D eigenvalue weighted by atomic mass is 9.99. The molecule has 5 atom stereocenters. The largest absolute Gasteiger partial charge is 0.508 e. The van der Waals surface area contributed by atoms with Gasteiger partial charge in [-0.3, -0.25) is 14.4 Å². The van der Waals surface area contributed by atoms with Crippen LogP contribution in [0.5, 0.6) is 28.7 Å². The van der Waals surface area contributed by atoms with Crippen LogP contribution in [0.15, 0.2) is 39.5 Å². The number of carboxylic acids is 1. The number of phenols is 3. The van der Waals surface area contributed by atoms with Crippen LogP contribution in [-0.4, -0.2) is 92.1 Å². The predicted molar refractivity (Wildman–Crippen MR) is 130 cm³/mol. The van der Waals surface area contributed by atoms with E-state index in [1.165, 1.54) is 25.3 Å². The fourth-order valence-corrected chi connectivity index (χ4v) is 4.00. The fourth-order valence-electron chi connectivity index (χ4n) is 4.00. The van der Waals surface area contributed by atoms with Crippen LogP contribution in [0, 0.1) is 0 Å². The smallest absolute Gasteiger partial charge is 0.317 e. The lowest BCUT2D eigenvalue weighted by molar-refractivity contribution is -0.278. The molecule has 1 aromatic heterocycles. The van der Waals surface area contributed by atoms with Crippen molar-refractivity contribution in [3.8, 4) is 40.1 Å². The molecule has 2 heterocycles. The molecule has 40 heavy (non-hydrogen) atoms. The van der Waals surface area contributed by atoms with Crippen molar-refractivity contribution in [3.63, 3.8) is 0 Å². The first-order valence-corrected chi connectivity index (χ1v) is 11.5. The average molecular weight is 564 g/mol. The third kappa shape index (κ3) is 5.57. The zero-order valence-electron chi connectivity index (χ0n) is 20.6. The molecule has 0 spiro atoms. The van der Waals surface area contributed by atoms with E-state index in [0.717, 1.165) is 12.1 Å². The summed E-state index contributed by atoms with van der Waals surface area (Å²) in [6.07, 6.45) is -10.1. The molecule has 1 saturated heterocycles. The van der Waals surface area contributed by atoms with Gasteiger partial charge in [-0.25, -0.2) is 0 Å². The zero-order chi connectivity index (χ0) is 29.3. The Morgan fingerprint density at radius 2 is 1.70 bits per heavy atom. The highest BCUT2D eigenvalue weighted by Gasteiger charge is 2.46. The number of carboxylic acid groups (broad SMARTS) is 1. The van der Waals surface area contributed by atoms with Gasteiger partial charge in [0.2, 0.25) is 17.5 Å². The number of aliphatic hydroxyl groups excluding tert-OH is 3. The number of benzene rings is 2. The van der Waals surface area contributed by atoms with E-state index < -0.39 is 83.7 Å². The molecular weight excluding hydrogens is 540 g/mol. The molecule has 0 amide bonds. The summed E-state index contributed by atoms with van der Waals surface area (Å²) in [5.41, 5.74) is -1.17. The van der Waals surface area contributed by atoms with Crippen molar-refractivity contribution >= 4 is 22.9 Å². The van der Waals surface area contributed by atoms with Gasteiger partial charge in [-0.2, -0.15) is 0 Å². The number of aliphatic carboxylic acids is 1. The standard InChI is InChI=1S/C25H24O15/c1-36-13-4-9(2-3-11(13)27)23-24(20(33)18-12(28)5-10(26)6-14(18)38-23)40-25-22(35)21(34)19(32)15(39-25)8-37-17(31)7-16(29)30/h2-6,15,19,21-22,25-28,32,34-35H,7-8H2,1H3,(H,29,30)/t15-,19-,21-,22-,25+/m1/s1. The first-order valence-electron chi connectivity index (χ1n) is 11.5. The van der Waals surface area contributed by atoms with Crippen molar-refractivity contribution in [2.45, 2.75) is 37.1 Å². The van der Waals surface area contributed by atoms with E-state index in [1.807, 2.05) is 0 Å². The maximum Gasteiger partial charge on any atom is 0.317 e. The van der Waals surface area contributed by atoms with Crippen molar-refractivity contribution < 1.29 is 68.7 Å². The number of carbonyl (C=O) groups excluding carboxylic acids is 1. The number of rotatable bonds is 8. The highest BCUT2D eigenvalue weighted by Crippen LogP contribution is 2.39. The topological polar surface area (TPSA) is 243 Å². The summed E-state index contributed by atoms with van der Waals surface area (Å²) in [6, 6.07) is 5.74. The second-order valence-electron chi connectivity index (χ2n) is 8.70. The van der Waals surface area contributed by atoms with Gasteiger partial charge in [0.1, 0.15) is 59.9 Å². The number of aliphatic hydroxyl groups is 3. The number of carbonyl (C=O) groups is 2. The van der Waals surface area contributed by atoms with Crippen LogP contribution in [0.3, 0.4) is 0 Å². The Morgan fingerprint density at radius 1 is 0.975 bits per heavy atom. The number of aromatic hydroxyl groups is 3. The van der Waals surface area contributed by atoms with E-state index in [4.69, 9.17) is 28.5 Å². The average Bonchev–Trinajstić information content (AvgIpc) is 2.89. The third-order valence-corrected chi connectivity index (χ3v) is 5.97. The lowest BCUT2D eigenvalue weighted by Crippen LogP contribution is -2.60. The number of esters is 1. The number of phenolic OH excluding ortho intramolecular Hbond substituents is 3. The van der Waals surface area contributed by atoms with Crippen molar-refractivity contribution in [2.75, 3.05) is 13.7 Å². The summed E-state index contributed by atoms with van der Waals surface area (Å²) in [7, 11) is 1.27. The van der Waals surface area contributed by atoms with Crippen molar-refractivity contribution in [1.29, 1.82) is 0 Å². The Hall–Kier alpha value is -4.57. The molecule has 3 aromatic rings. The van der Waals surface area contributed by atoms with Gasteiger partial charge in [-0.05, 0) is 18.2 Å². The molecule has 0 unspecified atom stereocenters. The summed E-state index contributed by atoms with van der Waals surface area (Å²) >= 11 is 0. The van der Waals surface area contributed by atoms with Crippen LogP contribution in [-0.2, 0) is 19.1 Å². The van der Waals surface area contributed by atoms with E-state index >= 15 is 0 Å². The van der Waals surface area contributed by atoms with Crippen molar-refractivity contribution in [3.05, 3.63) is 40.6 Å². The van der Waals surface area contributed by atoms with Gasteiger partial charge >= 0.3 is 11.9 Å². The quantitative estimate of drug-likeness (QED) is 0.138. The zero-order valence-corrected chi connectivity index (χ0v) is 20.6. The maximum absolute atomic E-state index is 13.5. The predicted octanol–water partition coefficient (Wildman–Crippen LogP) is -0.210. The third-order valence-electron chi connectivity index (χ3n) is 5.97. The van der Waals surface area contributed by atoms with Crippen LogP contribution < -0.4 is 14.9 Å². The van der Waals surface area contributed by atoms with E-state index in [0.29, 0.717) is 0 Å². The molecule has 1 fully saturated rings. The first-order chi connectivity index (χ1) is 18.9. The summed E-state index contributed by atoms with van der Waals surface area (Å²) < 4.78 is 26.7. The van der Waals surface area contributed by atoms with Crippen LogP contribution in [0.25, 0.3) is 22.3 Å². The molecule has 4 rings (SSSR count). The molecule has 0 saturated carbocycles. The maximum atomic E-state index is 13.5. The monoisotopic (exact) mass is 564 g/mol. The van der Waals surface area contributed by atoms with Gasteiger partial charge in [-0.15, -0.1) is 0 Å². The number of methoxy groups -OCH3 is 1. The van der Waals surface area contributed by atoms with Gasteiger partial charge in [0.25, 0.3) is 0 Å². The molecule has 0 radical (unpaired) electrons.